The minimum absolute atomic E-state index is 0.195. The minimum atomic E-state index is -0.195. The fraction of sp³-hybridized carbons (Fsp3) is 0.150. The molecule has 0 aliphatic heterocycles. The number of nitrogens with zero attached hydrogens (tertiary/aromatic N) is 2. The second-order valence-electron chi connectivity index (χ2n) is 5.67. The van der Waals surface area contributed by atoms with Crippen molar-refractivity contribution in [3.05, 3.63) is 65.4 Å². The van der Waals surface area contributed by atoms with Crippen molar-refractivity contribution in [3.8, 4) is 22.8 Å². The summed E-state index contributed by atoms with van der Waals surface area (Å²) in [6.07, 6.45) is 3.31. The molecule has 27 heavy (non-hydrogen) atoms. The van der Waals surface area contributed by atoms with Crippen LogP contribution in [0.3, 0.4) is 0 Å². The van der Waals surface area contributed by atoms with Gasteiger partial charge in [-0.2, -0.15) is 0 Å². The molecule has 0 aliphatic carbocycles. The number of aromatic nitrogens is 2. The van der Waals surface area contributed by atoms with Gasteiger partial charge in [0.1, 0.15) is 5.69 Å². The molecule has 1 heterocycles. The number of halogens is 1. The summed E-state index contributed by atoms with van der Waals surface area (Å²) in [5.41, 5.74) is 2.15. The molecule has 0 fully saturated rings. The summed E-state index contributed by atoms with van der Waals surface area (Å²) in [5, 5.41) is 3.45. The topological polar surface area (TPSA) is 73.3 Å². The first-order valence-electron chi connectivity index (χ1n) is 8.18. The zero-order valence-corrected chi connectivity index (χ0v) is 15.7. The molecular weight excluding hydrogens is 366 g/mol. The third kappa shape index (κ3) is 4.54. The van der Waals surface area contributed by atoms with Gasteiger partial charge < -0.3 is 14.8 Å². The summed E-state index contributed by atoms with van der Waals surface area (Å²) >= 11 is 5.87. The van der Waals surface area contributed by atoms with E-state index in [1.807, 2.05) is 18.2 Å². The molecule has 1 N–H and O–H groups in total. The van der Waals surface area contributed by atoms with Gasteiger partial charge in [-0.3, -0.25) is 9.78 Å². The van der Waals surface area contributed by atoms with Crippen LogP contribution in [0.15, 0.2) is 54.9 Å². The van der Waals surface area contributed by atoms with Crippen LogP contribution in [0.2, 0.25) is 5.02 Å². The molecule has 0 radical (unpaired) electrons. The van der Waals surface area contributed by atoms with Crippen molar-refractivity contribution in [1.29, 1.82) is 0 Å². The normalized spacial score (nSPS) is 10.3. The highest BCUT2D eigenvalue weighted by Crippen LogP contribution is 2.33. The Kier molecular flexibility index (Phi) is 5.88. The second-order valence-corrected chi connectivity index (χ2v) is 6.11. The van der Waals surface area contributed by atoms with Gasteiger partial charge in [-0.05, 0) is 35.9 Å². The lowest BCUT2D eigenvalue weighted by Gasteiger charge is -2.12. The number of amides is 1. The molecular formula is C20H18ClN3O3. The average Bonchev–Trinajstić information content (AvgIpc) is 2.69. The number of methoxy groups -OCH3 is 2. The largest absolute Gasteiger partial charge is 0.493 e. The highest BCUT2D eigenvalue weighted by atomic mass is 35.5. The summed E-state index contributed by atoms with van der Waals surface area (Å²) in [4.78, 5) is 21.0. The van der Waals surface area contributed by atoms with Crippen molar-refractivity contribution in [3.63, 3.8) is 0 Å². The first-order valence-corrected chi connectivity index (χ1v) is 8.56. The first-order chi connectivity index (χ1) is 13.1. The summed E-state index contributed by atoms with van der Waals surface area (Å²) in [6, 6.07) is 12.5. The van der Waals surface area contributed by atoms with Gasteiger partial charge in [0.2, 0.25) is 5.91 Å². The number of nitrogens with one attached hydrogen (secondary N) is 1. The van der Waals surface area contributed by atoms with E-state index in [4.69, 9.17) is 21.1 Å². The maximum atomic E-state index is 12.4. The number of hydrogen-bond acceptors (Lipinski definition) is 5. The van der Waals surface area contributed by atoms with Gasteiger partial charge in [-0.1, -0.05) is 23.7 Å². The molecule has 0 saturated carbocycles. The van der Waals surface area contributed by atoms with Crippen LogP contribution in [-0.4, -0.2) is 30.1 Å². The summed E-state index contributed by atoms with van der Waals surface area (Å²) in [7, 11) is 3.13. The van der Waals surface area contributed by atoms with E-state index in [0.29, 0.717) is 28.0 Å². The van der Waals surface area contributed by atoms with Crippen molar-refractivity contribution in [2.45, 2.75) is 6.42 Å². The van der Waals surface area contributed by atoms with E-state index < -0.39 is 0 Å². The zero-order valence-electron chi connectivity index (χ0n) is 14.9. The molecule has 138 valence electrons. The van der Waals surface area contributed by atoms with Crippen LogP contribution >= 0.6 is 11.6 Å². The van der Waals surface area contributed by atoms with Crippen LogP contribution in [0.5, 0.6) is 11.5 Å². The highest BCUT2D eigenvalue weighted by molar-refractivity contribution is 6.30. The van der Waals surface area contributed by atoms with Crippen LogP contribution in [0.25, 0.3) is 11.3 Å². The second kappa shape index (κ2) is 8.51. The first kappa shape index (κ1) is 18.7. The Bertz CT molecular complexity index is 945. The smallest absolute Gasteiger partial charge is 0.230 e. The zero-order chi connectivity index (χ0) is 19.2. The maximum Gasteiger partial charge on any atom is 0.230 e. The number of anilines is 1. The van der Waals surface area contributed by atoms with Gasteiger partial charge >= 0.3 is 0 Å². The van der Waals surface area contributed by atoms with Gasteiger partial charge in [0.15, 0.2) is 17.3 Å². The molecule has 7 heteroatoms. The Balaban J connectivity index is 1.83. The Morgan fingerprint density at radius 1 is 1.00 bits per heavy atom. The van der Waals surface area contributed by atoms with E-state index >= 15 is 0 Å². The number of rotatable bonds is 6. The van der Waals surface area contributed by atoms with Crippen molar-refractivity contribution in [2.75, 3.05) is 19.5 Å². The third-order valence-electron chi connectivity index (χ3n) is 3.89. The number of benzene rings is 2. The van der Waals surface area contributed by atoms with E-state index in [1.54, 1.807) is 44.7 Å². The molecule has 0 bridgehead atoms. The van der Waals surface area contributed by atoms with Crippen LogP contribution in [0.1, 0.15) is 5.56 Å². The lowest BCUT2D eigenvalue weighted by molar-refractivity contribution is -0.115. The molecule has 0 unspecified atom stereocenters. The molecule has 0 saturated heterocycles. The highest BCUT2D eigenvalue weighted by Gasteiger charge is 2.14. The molecule has 3 rings (SSSR count). The van der Waals surface area contributed by atoms with Crippen molar-refractivity contribution in [1.82, 2.24) is 9.97 Å². The van der Waals surface area contributed by atoms with Gasteiger partial charge in [0.25, 0.3) is 0 Å². The van der Waals surface area contributed by atoms with E-state index in [2.05, 4.69) is 15.3 Å². The summed E-state index contributed by atoms with van der Waals surface area (Å²) < 4.78 is 10.6. The minimum Gasteiger partial charge on any atom is -0.493 e. The molecule has 0 aliphatic rings. The van der Waals surface area contributed by atoms with E-state index in [1.165, 1.54) is 6.20 Å². The van der Waals surface area contributed by atoms with Crippen LogP contribution in [0.4, 0.5) is 5.82 Å². The Morgan fingerprint density at radius 2 is 1.70 bits per heavy atom. The predicted molar refractivity (Wildman–Crippen MR) is 104 cm³/mol. The van der Waals surface area contributed by atoms with E-state index in [9.17, 15) is 4.79 Å². The third-order valence-corrected chi connectivity index (χ3v) is 4.14. The van der Waals surface area contributed by atoms with E-state index in [0.717, 1.165) is 11.1 Å². The Labute approximate surface area is 162 Å². The van der Waals surface area contributed by atoms with Crippen molar-refractivity contribution >= 4 is 23.3 Å². The van der Waals surface area contributed by atoms with Gasteiger partial charge in [0.05, 0.1) is 20.6 Å². The Morgan fingerprint density at radius 3 is 2.41 bits per heavy atom. The summed E-state index contributed by atoms with van der Waals surface area (Å²) in [5.74, 6) is 1.36. The van der Waals surface area contributed by atoms with E-state index in [-0.39, 0.29) is 12.3 Å². The van der Waals surface area contributed by atoms with Gasteiger partial charge in [0, 0.05) is 23.0 Å². The molecule has 2 aromatic carbocycles. The predicted octanol–water partition coefficient (Wildman–Crippen LogP) is 4.00. The van der Waals surface area contributed by atoms with Crippen LogP contribution in [0, 0.1) is 0 Å². The van der Waals surface area contributed by atoms with Crippen LogP contribution < -0.4 is 14.8 Å². The lowest BCUT2D eigenvalue weighted by atomic mass is 10.1. The molecule has 0 atom stereocenters. The number of ether oxygens (including phenoxy) is 2. The van der Waals surface area contributed by atoms with Crippen LogP contribution in [-0.2, 0) is 11.2 Å². The van der Waals surface area contributed by atoms with Gasteiger partial charge in [-0.15, -0.1) is 0 Å². The maximum absolute atomic E-state index is 12.4. The molecule has 0 spiro atoms. The fourth-order valence-electron chi connectivity index (χ4n) is 2.59. The Hall–Kier alpha value is -3.12. The summed E-state index contributed by atoms with van der Waals surface area (Å²) in [6.45, 7) is 0. The van der Waals surface area contributed by atoms with Crippen molar-refractivity contribution in [2.24, 2.45) is 0 Å². The quantitative estimate of drug-likeness (QED) is 0.696. The SMILES string of the molecule is COc1ccc(-c2nccnc2NC(=O)Cc2ccc(Cl)cc2)cc1OC. The average molecular weight is 384 g/mol. The number of carbonyl (C=O) groups is 1. The number of hydrogen-bond donors (Lipinski definition) is 1. The van der Waals surface area contributed by atoms with Crippen molar-refractivity contribution < 1.29 is 14.3 Å². The number of carbonyl (C=O) groups excluding carboxylic acids is 1. The molecule has 1 aromatic heterocycles. The lowest BCUT2D eigenvalue weighted by Crippen LogP contribution is -2.16. The van der Waals surface area contributed by atoms with Gasteiger partial charge in [-0.25, -0.2) is 4.98 Å². The molecule has 1 amide bonds. The standard InChI is InChI=1S/C20H18ClN3O3/c1-26-16-8-5-14(12-17(16)27-2)19-20(23-10-9-22-19)24-18(25)11-13-3-6-15(21)7-4-13/h3-10,12H,11H2,1-2H3,(H,23,24,25). The molecule has 3 aromatic rings. The monoisotopic (exact) mass is 383 g/mol. The fourth-order valence-corrected chi connectivity index (χ4v) is 2.71. The molecule has 6 nitrogen and oxygen atoms in total.